The number of phenolic OH excluding ortho intramolecular Hbond substituents is 1. The third-order valence-corrected chi connectivity index (χ3v) is 2.49. The van der Waals surface area contributed by atoms with Crippen LogP contribution in [0.25, 0.3) is 0 Å². The number of carbonyl (C=O) groups excluding carboxylic acids is 1. The van der Waals surface area contributed by atoms with Crippen LogP contribution in [0.15, 0.2) is 12.1 Å². The molecular weight excluding hydrogens is 316 g/mol. The highest BCUT2D eigenvalue weighted by molar-refractivity contribution is 6.77. The number of Topliss-reactive ketones (excluding diaryl/α,β-unsaturated/α-hetero) is 1. The molecule has 1 aromatic rings. The number of nitro groups is 1. The minimum atomic E-state index is -2.34. The van der Waals surface area contributed by atoms with Gasteiger partial charge in [-0.1, -0.05) is 46.4 Å². The van der Waals surface area contributed by atoms with E-state index in [4.69, 9.17) is 46.4 Å². The Labute approximate surface area is 115 Å². The number of rotatable bonds is 2. The van der Waals surface area contributed by atoms with Gasteiger partial charge in [0.25, 0.3) is 3.79 Å². The molecule has 0 atom stereocenters. The molecular formula is C8H3Cl4NO4. The van der Waals surface area contributed by atoms with Crippen molar-refractivity contribution in [2.45, 2.75) is 3.79 Å². The van der Waals surface area contributed by atoms with E-state index in [-0.39, 0.29) is 5.02 Å². The first-order valence-electron chi connectivity index (χ1n) is 3.93. The fraction of sp³-hybridized carbons (Fsp3) is 0.125. The molecule has 9 heteroatoms. The largest absolute Gasteiger partial charge is 0.502 e. The van der Waals surface area contributed by atoms with Crippen LogP contribution < -0.4 is 0 Å². The summed E-state index contributed by atoms with van der Waals surface area (Å²) in [6.45, 7) is 0. The Bertz CT molecular complexity index is 497. The molecule has 92 valence electrons. The van der Waals surface area contributed by atoms with E-state index in [1.807, 2.05) is 0 Å². The first kappa shape index (κ1) is 14.3. The smallest absolute Gasteiger partial charge is 0.312 e. The summed E-state index contributed by atoms with van der Waals surface area (Å²) < 4.78 is -2.34. The van der Waals surface area contributed by atoms with Crippen molar-refractivity contribution in [2.24, 2.45) is 0 Å². The second-order valence-electron chi connectivity index (χ2n) is 2.91. The molecule has 0 bridgehead atoms. The molecule has 0 fully saturated rings. The molecule has 1 aromatic carbocycles. The average Bonchev–Trinajstić information content (AvgIpc) is 2.18. The third kappa shape index (κ3) is 3.13. The van der Waals surface area contributed by atoms with E-state index in [0.29, 0.717) is 0 Å². The van der Waals surface area contributed by atoms with Crippen molar-refractivity contribution in [1.82, 2.24) is 0 Å². The van der Waals surface area contributed by atoms with Crippen LogP contribution in [-0.4, -0.2) is 19.6 Å². The number of phenols is 1. The Morgan fingerprint density at radius 2 is 1.88 bits per heavy atom. The second-order valence-corrected chi connectivity index (χ2v) is 5.62. The lowest BCUT2D eigenvalue weighted by Crippen LogP contribution is -2.19. The van der Waals surface area contributed by atoms with E-state index in [1.165, 1.54) is 0 Å². The van der Waals surface area contributed by atoms with Gasteiger partial charge in [0, 0.05) is 11.1 Å². The SMILES string of the molecule is O=C(c1cc(Cl)cc([N+](=O)[O-])c1O)C(Cl)(Cl)Cl. The number of benzene rings is 1. The summed E-state index contributed by atoms with van der Waals surface area (Å²) in [5, 5.41) is 20.0. The van der Waals surface area contributed by atoms with Crippen molar-refractivity contribution in [2.75, 3.05) is 0 Å². The lowest BCUT2D eigenvalue weighted by molar-refractivity contribution is -0.385. The van der Waals surface area contributed by atoms with Crippen LogP contribution in [0, 0.1) is 10.1 Å². The molecule has 5 nitrogen and oxygen atoms in total. The Morgan fingerprint density at radius 3 is 2.29 bits per heavy atom. The standard InChI is InChI=1S/C8H3Cl4NO4/c9-3-1-4(7(15)8(10,11)12)6(14)5(2-3)13(16)17/h1-2,14H. The molecule has 0 unspecified atom stereocenters. The van der Waals surface area contributed by atoms with Gasteiger partial charge in [0.15, 0.2) is 0 Å². The molecule has 0 aliphatic rings. The van der Waals surface area contributed by atoms with E-state index >= 15 is 0 Å². The topological polar surface area (TPSA) is 80.4 Å². The third-order valence-electron chi connectivity index (χ3n) is 1.75. The van der Waals surface area contributed by atoms with Gasteiger partial charge < -0.3 is 5.11 Å². The summed E-state index contributed by atoms with van der Waals surface area (Å²) in [4.78, 5) is 21.2. The molecule has 0 saturated carbocycles. The van der Waals surface area contributed by atoms with Crippen molar-refractivity contribution in [3.05, 3.63) is 32.8 Å². The highest BCUT2D eigenvalue weighted by atomic mass is 35.6. The zero-order valence-corrected chi connectivity index (χ0v) is 10.8. The molecule has 0 aliphatic carbocycles. The number of carbonyl (C=O) groups is 1. The highest BCUT2D eigenvalue weighted by Gasteiger charge is 2.35. The number of nitrogens with zero attached hydrogens (tertiary/aromatic N) is 1. The van der Waals surface area contributed by atoms with Crippen molar-refractivity contribution in [3.8, 4) is 5.75 Å². The predicted molar refractivity (Wildman–Crippen MR) is 64.4 cm³/mol. The number of hydrogen-bond acceptors (Lipinski definition) is 4. The summed E-state index contributed by atoms with van der Waals surface area (Å²) in [6.07, 6.45) is 0. The Balaban J connectivity index is 3.45. The monoisotopic (exact) mass is 317 g/mol. The molecule has 0 amide bonds. The van der Waals surface area contributed by atoms with Gasteiger partial charge in [-0.2, -0.15) is 0 Å². The summed E-state index contributed by atoms with van der Waals surface area (Å²) in [5.41, 5.74) is -1.26. The first-order valence-corrected chi connectivity index (χ1v) is 5.44. The van der Waals surface area contributed by atoms with Crippen molar-refractivity contribution in [1.29, 1.82) is 0 Å². The van der Waals surface area contributed by atoms with Gasteiger partial charge in [-0.15, -0.1) is 0 Å². The van der Waals surface area contributed by atoms with Crippen LogP contribution in [0.3, 0.4) is 0 Å². The van der Waals surface area contributed by atoms with Gasteiger partial charge in [0.1, 0.15) is 0 Å². The van der Waals surface area contributed by atoms with Crippen LogP contribution >= 0.6 is 46.4 Å². The quantitative estimate of drug-likeness (QED) is 0.391. The number of halogens is 4. The molecule has 0 radical (unpaired) electrons. The van der Waals surface area contributed by atoms with Crippen molar-refractivity contribution >= 4 is 57.9 Å². The van der Waals surface area contributed by atoms with E-state index in [0.717, 1.165) is 12.1 Å². The van der Waals surface area contributed by atoms with Gasteiger partial charge in [-0.05, 0) is 6.07 Å². The molecule has 1 rings (SSSR count). The fourth-order valence-corrected chi connectivity index (χ4v) is 1.57. The van der Waals surface area contributed by atoms with Gasteiger partial charge in [-0.25, -0.2) is 0 Å². The summed E-state index contributed by atoms with van der Waals surface area (Å²) >= 11 is 21.6. The molecule has 0 heterocycles. The molecule has 0 aliphatic heterocycles. The summed E-state index contributed by atoms with van der Waals surface area (Å²) in [7, 11) is 0. The Hall–Kier alpha value is -0.750. The lowest BCUT2D eigenvalue weighted by Gasteiger charge is -2.11. The fourth-order valence-electron chi connectivity index (χ4n) is 1.05. The Kier molecular flexibility index (Phi) is 4.09. The van der Waals surface area contributed by atoms with Gasteiger partial charge in [0.05, 0.1) is 10.5 Å². The molecule has 0 spiro atoms. The maximum absolute atomic E-state index is 11.6. The lowest BCUT2D eigenvalue weighted by atomic mass is 10.1. The zero-order chi connectivity index (χ0) is 13.4. The van der Waals surface area contributed by atoms with Crippen LogP contribution in [0.4, 0.5) is 5.69 Å². The van der Waals surface area contributed by atoms with Crippen LogP contribution in [-0.2, 0) is 0 Å². The minimum Gasteiger partial charge on any atom is -0.502 e. The molecule has 0 aromatic heterocycles. The van der Waals surface area contributed by atoms with E-state index in [9.17, 15) is 20.0 Å². The second kappa shape index (κ2) is 4.86. The van der Waals surface area contributed by atoms with Gasteiger partial charge >= 0.3 is 5.69 Å². The average molecular weight is 319 g/mol. The zero-order valence-electron chi connectivity index (χ0n) is 7.79. The minimum absolute atomic E-state index is 0.132. The first-order chi connectivity index (χ1) is 7.64. The summed E-state index contributed by atoms with van der Waals surface area (Å²) in [6, 6.07) is 1.86. The number of alkyl halides is 3. The van der Waals surface area contributed by atoms with Crippen LogP contribution in [0.1, 0.15) is 10.4 Å². The molecule has 17 heavy (non-hydrogen) atoms. The van der Waals surface area contributed by atoms with E-state index in [2.05, 4.69) is 0 Å². The highest BCUT2D eigenvalue weighted by Crippen LogP contribution is 2.39. The van der Waals surface area contributed by atoms with E-state index in [1.54, 1.807) is 0 Å². The normalized spacial score (nSPS) is 11.3. The maximum Gasteiger partial charge on any atom is 0.312 e. The van der Waals surface area contributed by atoms with Crippen molar-refractivity contribution < 1.29 is 14.8 Å². The number of ketones is 1. The van der Waals surface area contributed by atoms with Gasteiger partial charge in [0.2, 0.25) is 11.5 Å². The van der Waals surface area contributed by atoms with Crippen LogP contribution in [0.2, 0.25) is 5.02 Å². The van der Waals surface area contributed by atoms with Gasteiger partial charge in [-0.3, -0.25) is 14.9 Å². The van der Waals surface area contributed by atoms with Crippen LogP contribution in [0.5, 0.6) is 5.75 Å². The number of nitro benzene ring substituents is 1. The summed E-state index contributed by atoms with van der Waals surface area (Å²) in [5.74, 6) is -2.00. The number of aromatic hydroxyl groups is 1. The van der Waals surface area contributed by atoms with E-state index < -0.39 is 31.5 Å². The Morgan fingerprint density at radius 1 is 1.35 bits per heavy atom. The number of hydrogen-bond donors (Lipinski definition) is 1. The van der Waals surface area contributed by atoms with Crippen molar-refractivity contribution in [3.63, 3.8) is 0 Å². The predicted octanol–water partition coefficient (Wildman–Crippen LogP) is 3.51. The molecule has 1 N–H and O–H groups in total. The molecule has 0 saturated heterocycles. The maximum atomic E-state index is 11.6.